The van der Waals surface area contributed by atoms with E-state index in [4.69, 9.17) is 5.73 Å². The Morgan fingerprint density at radius 1 is 1.23 bits per heavy atom. The van der Waals surface area contributed by atoms with Crippen molar-refractivity contribution < 1.29 is 14.4 Å². The first-order valence-corrected chi connectivity index (χ1v) is 11.8. The smallest absolute Gasteiger partial charge is 0.221 e. The van der Waals surface area contributed by atoms with Crippen LogP contribution in [0.4, 0.5) is 0 Å². The maximum atomic E-state index is 12.1. The molecule has 0 aliphatic carbocycles. The zero-order valence-electron chi connectivity index (χ0n) is 19.1. The number of primary amides is 1. The number of hydrogen-bond acceptors (Lipinski definition) is 6. The van der Waals surface area contributed by atoms with E-state index >= 15 is 0 Å². The number of allylic oxidation sites excluding steroid dienone is 5. The highest BCUT2D eigenvalue weighted by Crippen LogP contribution is 2.35. The molecule has 2 atom stereocenters. The Bertz CT molecular complexity index is 868. The number of rotatable bonds is 13. The summed E-state index contributed by atoms with van der Waals surface area (Å²) in [5.41, 5.74) is 7.35. The van der Waals surface area contributed by atoms with E-state index in [1.807, 2.05) is 30.5 Å². The standard InChI is InChI=1S/C24H34N2O3S2/c1-16(2)23-26-20(15-31-23)8-6-7-9-21(28)11-10-17(3)12-13-24(30,14-18(4)27)19(5)22(25)29/h6-10,15-16,19,30H,11-14H2,1-5H3,(H2,25,29)/b8-6-,9-7+,17-10+/t19?,24-/m1/s1. The van der Waals surface area contributed by atoms with Gasteiger partial charge in [0.05, 0.1) is 10.7 Å². The van der Waals surface area contributed by atoms with Crippen LogP contribution in [-0.2, 0) is 14.4 Å². The molecule has 1 unspecified atom stereocenters. The van der Waals surface area contributed by atoms with Crippen molar-refractivity contribution in [2.45, 2.75) is 71.0 Å². The van der Waals surface area contributed by atoms with E-state index in [0.717, 1.165) is 16.3 Å². The first-order valence-electron chi connectivity index (χ1n) is 10.4. The SMILES string of the molecule is CC(=O)C[C@](S)(CC/C(C)=C/CC(=O)/C=C/C=C\c1csc(C(C)C)n1)C(C)C(N)=O. The minimum Gasteiger partial charge on any atom is -0.369 e. The van der Waals surface area contributed by atoms with Gasteiger partial charge < -0.3 is 5.73 Å². The van der Waals surface area contributed by atoms with Crippen LogP contribution in [0.15, 0.2) is 35.3 Å². The second-order valence-electron chi connectivity index (χ2n) is 8.31. The van der Waals surface area contributed by atoms with Gasteiger partial charge >= 0.3 is 0 Å². The molecule has 0 aromatic carbocycles. The van der Waals surface area contributed by atoms with Crippen molar-refractivity contribution in [1.29, 1.82) is 0 Å². The first-order chi connectivity index (χ1) is 14.4. The number of nitrogens with two attached hydrogens (primary N) is 1. The highest BCUT2D eigenvalue weighted by Gasteiger charge is 2.36. The number of hydrogen-bond donors (Lipinski definition) is 2. The van der Waals surface area contributed by atoms with Crippen molar-refractivity contribution >= 4 is 47.5 Å². The Morgan fingerprint density at radius 3 is 2.45 bits per heavy atom. The summed E-state index contributed by atoms with van der Waals surface area (Å²) >= 11 is 6.27. The largest absolute Gasteiger partial charge is 0.369 e. The van der Waals surface area contributed by atoms with E-state index in [0.29, 0.717) is 25.2 Å². The van der Waals surface area contributed by atoms with Gasteiger partial charge in [-0.2, -0.15) is 12.6 Å². The summed E-state index contributed by atoms with van der Waals surface area (Å²) in [6, 6.07) is 0. The van der Waals surface area contributed by atoms with Crippen LogP contribution in [0.1, 0.15) is 76.9 Å². The van der Waals surface area contributed by atoms with Crippen molar-refractivity contribution in [2.24, 2.45) is 11.7 Å². The van der Waals surface area contributed by atoms with E-state index in [1.54, 1.807) is 30.4 Å². The van der Waals surface area contributed by atoms with Gasteiger partial charge in [0, 0.05) is 34.8 Å². The van der Waals surface area contributed by atoms with Crippen molar-refractivity contribution in [3.8, 4) is 0 Å². The monoisotopic (exact) mass is 462 g/mol. The summed E-state index contributed by atoms with van der Waals surface area (Å²) in [5, 5.41) is 3.10. The van der Waals surface area contributed by atoms with E-state index < -0.39 is 16.6 Å². The van der Waals surface area contributed by atoms with E-state index in [-0.39, 0.29) is 18.0 Å². The molecule has 0 aliphatic rings. The maximum Gasteiger partial charge on any atom is 0.221 e. The molecule has 1 amide bonds. The van der Waals surface area contributed by atoms with Crippen molar-refractivity contribution in [2.75, 3.05) is 0 Å². The fourth-order valence-corrected chi connectivity index (χ4v) is 4.24. The average molecular weight is 463 g/mol. The van der Waals surface area contributed by atoms with Crippen LogP contribution in [0.2, 0.25) is 0 Å². The van der Waals surface area contributed by atoms with Gasteiger partial charge in [-0.05, 0) is 38.8 Å². The topological polar surface area (TPSA) is 90.1 Å². The van der Waals surface area contributed by atoms with Crippen LogP contribution in [-0.4, -0.2) is 27.2 Å². The lowest BCUT2D eigenvalue weighted by atomic mass is 9.83. The molecule has 5 nitrogen and oxygen atoms in total. The number of carbonyl (C=O) groups excluding carboxylic acids is 3. The third-order valence-corrected chi connectivity index (χ3v) is 7.02. The summed E-state index contributed by atoms with van der Waals surface area (Å²) in [7, 11) is 0. The third kappa shape index (κ3) is 9.78. The van der Waals surface area contributed by atoms with Crippen molar-refractivity contribution in [3.05, 3.63) is 46.0 Å². The quantitative estimate of drug-likeness (QED) is 0.180. The zero-order valence-corrected chi connectivity index (χ0v) is 20.8. The molecule has 2 N–H and O–H groups in total. The number of ketones is 2. The van der Waals surface area contributed by atoms with Gasteiger partial charge in [0.25, 0.3) is 0 Å². The number of thiazole rings is 1. The van der Waals surface area contributed by atoms with E-state index in [9.17, 15) is 14.4 Å². The Hall–Kier alpha value is -1.99. The van der Waals surface area contributed by atoms with Gasteiger partial charge in [0.2, 0.25) is 5.91 Å². The molecule has 0 radical (unpaired) electrons. The summed E-state index contributed by atoms with van der Waals surface area (Å²) < 4.78 is -0.785. The molecule has 0 saturated carbocycles. The summed E-state index contributed by atoms with van der Waals surface area (Å²) in [6.45, 7) is 9.34. The molecule has 0 spiro atoms. The van der Waals surface area contributed by atoms with Gasteiger partial charge in [-0.25, -0.2) is 4.98 Å². The predicted molar refractivity (Wildman–Crippen MR) is 132 cm³/mol. The van der Waals surface area contributed by atoms with E-state index in [2.05, 4.69) is 31.5 Å². The Kier molecular flexibility index (Phi) is 11.1. The van der Waals surface area contributed by atoms with Crippen LogP contribution in [0.3, 0.4) is 0 Å². The molecule has 1 rings (SSSR count). The minimum absolute atomic E-state index is 0.00322. The van der Waals surface area contributed by atoms with Gasteiger partial charge in [0.1, 0.15) is 5.78 Å². The Labute approximate surface area is 195 Å². The molecule has 1 aromatic rings. The summed E-state index contributed by atoms with van der Waals surface area (Å²) in [4.78, 5) is 39.8. The summed E-state index contributed by atoms with van der Waals surface area (Å²) in [6.07, 6.45) is 10.5. The molecule has 7 heteroatoms. The maximum absolute atomic E-state index is 12.1. The molecule has 1 aromatic heterocycles. The van der Waals surface area contributed by atoms with E-state index in [1.165, 1.54) is 6.92 Å². The van der Waals surface area contributed by atoms with Crippen LogP contribution in [0, 0.1) is 5.92 Å². The fraction of sp³-hybridized carbons (Fsp3) is 0.500. The third-order valence-electron chi connectivity index (χ3n) is 5.09. The van der Waals surface area contributed by atoms with Crippen molar-refractivity contribution in [3.63, 3.8) is 0 Å². The zero-order chi connectivity index (χ0) is 23.6. The number of thiol groups is 1. The van der Waals surface area contributed by atoms with Gasteiger partial charge in [-0.1, -0.05) is 44.6 Å². The van der Waals surface area contributed by atoms with Crippen LogP contribution in [0.25, 0.3) is 6.08 Å². The first kappa shape index (κ1) is 27.0. The lowest BCUT2D eigenvalue weighted by molar-refractivity contribution is -0.123. The molecule has 31 heavy (non-hydrogen) atoms. The average Bonchev–Trinajstić information content (AvgIpc) is 3.16. The Balaban J connectivity index is 2.58. The minimum atomic E-state index is -0.785. The van der Waals surface area contributed by atoms with Gasteiger partial charge in [0.15, 0.2) is 5.78 Å². The second kappa shape index (κ2) is 12.8. The summed E-state index contributed by atoms with van der Waals surface area (Å²) in [5.74, 6) is -0.622. The molecule has 0 fully saturated rings. The van der Waals surface area contributed by atoms with Crippen LogP contribution < -0.4 is 5.73 Å². The fourth-order valence-electron chi connectivity index (χ4n) is 2.97. The van der Waals surface area contributed by atoms with Crippen LogP contribution in [0.5, 0.6) is 0 Å². The number of Topliss-reactive ketones (excluding diaryl/α,β-unsaturated/α-hetero) is 1. The van der Waals surface area contributed by atoms with Crippen molar-refractivity contribution in [1.82, 2.24) is 4.98 Å². The number of aromatic nitrogens is 1. The molecule has 0 aliphatic heterocycles. The Morgan fingerprint density at radius 2 is 1.90 bits per heavy atom. The number of carbonyl (C=O) groups is 3. The molecular formula is C24H34N2O3S2. The second-order valence-corrected chi connectivity index (χ2v) is 10.1. The molecule has 0 bridgehead atoms. The van der Waals surface area contributed by atoms with Gasteiger partial charge in [-0.3, -0.25) is 14.4 Å². The lowest BCUT2D eigenvalue weighted by Crippen LogP contribution is -2.40. The number of nitrogens with zero attached hydrogens (tertiary/aromatic N) is 1. The van der Waals surface area contributed by atoms with Gasteiger partial charge in [-0.15, -0.1) is 11.3 Å². The molecule has 0 saturated heterocycles. The van der Waals surface area contributed by atoms with Crippen LogP contribution >= 0.6 is 24.0 Å². The highest BCUT2D eigenvalue weighted by molar-refractivity contribution is 7.81. The molecule has 1 heterocycles. The predicted octanol–water partition coefficient (Wildman–Crippen LogP) is 5.29. The molecule has 170 valence electrons. The number of amides is 1. The normalized spacial score (nSPS) is 15.5. The molecular weight excluding hydrogens is 428 g/mol. The highest BCUT2D eigenvalue weighted by atomic mass is 32.1. The lowest BCUT2D eigenvalue weighted by Gasteiger charge is -2.32.